The summed E-state index contributed by atoms with van der Waals surface area (Å²) in [6.45, 7) is -0.544. The van der Waals surface area contributed by atoms with Crippen molar-refractivity contribution in [1.29, 1.82) is 0 Å². The standard InChI is InChI=1S/C18H14Cl2N2O4S/c19-10-5-4-9(12(20)6-10)7-22-17-15(11-2-1-3-13(11)27-17)16(25)21(18(22)26)8-14(23)24/h4-6H,1-3,7-8H2,(H,23,24). The zero-order valence-corrected chi connectivity index (χ0v) is 16.3. The maximum Gasteiger partial charge on any atom is 0.332 e. The number of fused-ring (bicyclic) bond motifs is 3. The molecule has 6 nitrogen and oxygen atoms in total. The Labute approximate surface area is 167 Å². The second kappa shape index (κ2) is 6.82. The Hall–Kier alpha value is -2.09. The van der Waals surface area contributed by atoms with Crippen molar-refractivity contribution in [3.8, 4) is 0 Å². The van der Waals surface area contributed by atoms with Crippen LogP contribution in [0.1, 0.15) is 22.4 Å². The van der Waals surface area contributed by atoms with Crippen LogP contribution in [0, 0.1) is 0 Å². The van der Waals surface area contributed by atoms with Crippen LogP contribution in [-0.4, -0.2) is 20.2 Å². The fraction of sp³-hybridized carbons (Fsp3) is 0.278. The number of benzene rings is 1. The molecule has 1 N–H and O–H groups in total. The van der Waals surface area contributed by atoms with E-state index in [0.29, 0.717) is 25.8 Å². The molecule has 0 bridgehead atoms. The summed E-state index contributed by atoms with van der Waals surface area (Å²) in [5, 5.41) is 10.5. The van der Waals surface area contributed by atoms with Crippen LogP contribution >= 0.6 is 34.5 Å². The minimum absolute atomic E-state index is 0.130. The summed E-state index contributed by atoms with van der Waals surface area (Å²) < 4.78 is 2.23. The van der Waals surface area contributed by atoms with E-state index in [0.717, 1.165) is 34.3 Å². The first-order chi connectivity index (χ1) is 12.9. The number of aryl methyl sites for hydroxylation is 2. The van der Waals surface area contributed by atoms with E-state index in [1.165, 1.54) is 15.9 Å². The molecule has 9 heteroatoms. The number of hydrogen-bond acceptors (Lipinski definition) is 4. The Bertz CT molecular complexity index is 1210. The number of carboxylic acids is 1. The first kappa shape index (κ1) is 18.3. The average molecular weight is 425 g/mol. The van der Waals surface area contributed by atoms with Crippen molar-refractivity contribution < 1.29 is 9.90 Å². The van der Waals surface area contributed by atoms with Gasteiger partial charge in [0.25, 0.3) is 5.56 Å². The van der Waals surface area contributed by atoms with Crippen molar-refractivity contribution in [3.05, 3.63) is 65.1 Å². The minimum Gasteiger partial charge on any atom is -0.480 e. The number of carboxylic acid groups (broad SMARTS) is 1. The van der Waals surface area contributed by atoms with E-state index in [-0.39, 0.29) is 6.54 Å². The van der Waals surface area contributed by atoms with Gasteiger partial charge in [0.2, 0.25) is 0 Å². The number of nitrogens with zero attached hydrogens (tertiary/aromatic N) is 2. The van der Waals surface area contributed by atoms with Gasteiger partial charge in [0.15, 0.2) is 0 Å². The highest BCUT2D eigenvalue weighted by Crippen LogP contribution is 2.35. The van der Waals surface area contributed by atoms with E-state index in [1.54, 1.807) is 18.2 Å². The van der Waals surface area contributed by atoms with Gasteiger partial charge in [-0.25, -0.2) is 9.36 Å². The lowest BCUT2D eigenvalue weighted by atomic mass is 10.2. The Kier molecular flexibility index (Phi) is 4.61. The summed E-state index contributed by atoms with van der Waals surface area (Å²) in [6, 6.07) is 4.98. The molecule has 0 aliphatic heterocycles. The number of aromatic nitrogens is 2. The molecule has 0 saturated carbocycles. The van der Waals surface area contributed by atoms with Gasteiger partial charge in [-0.15, -0.1) is 11.3 Å². The maximum absolute atomic E-state index is 12.9. The normalized spacial score (nSPS) is 13.3. The molecule has 0 amide bonds. The lowest BCUT2D eigenvalue weighted by molar-refractivity contribution is -0.137. The Morgan fingerprint density at radius 2 is 1.96 bits per heavy atom. The van der Waals surface area contributed by atoms with Gasteiger partial charge in [-0.05, 0) is 42.5 Å². The average Bonchev–Trinajstić information content (AvgIpc) is 3.18. The van der Waals surface area contributed by atoms with Crippen LogP contribution < -0.4 is 11.2 Å². The highest BCUT2D eigenvalue weighted by atomic mass is 35.5. The number of rotatable bonds is 4. The molecular formula is C18H14Cl2N2O4S. The summed E-state index contributed by atoms with van der Waals surface area (Å²) in [4.78, 5) is 38.7. The molecule has 0 fully saturated rings. The van der Waals surface area contributed by atoms with Gasteiger partial charge < -0.3 is 5.11 Å². The van der Waals surface area contributed by atoms with E-state index in [4.69, 9.17) is 28.3 Å². The molecule has 2 heterocycles. The molecule has 0 atom stereocenters. The molecule has 0 spiro atoms. The number of carbonyl (C=O) groups is 1. The quantitative estimate of drug-likeness (QED) is 0.697. The fourth-order valence-corrected chi connectivity index (χ4v) is 5.33. The molecule has 2 aromatic heterocycles. The van der Waals surface area contributed by atoms with E-state index >= 15 is 0 Å². The minimum atomic E-state index is -1.24. The van der Waals surface area contributed by atoms with Gasteiger partial charge in [0.1, 0.15) is 11.4 Å². The van der Waals surface area contributed by atoms with Crippen LogP contribution in [0.15, 0.2) is 27.8 Å². The predicted molar refractivity (Wildman–Crippen MR) is 106 cm³/mol. The summed E-state index contributed by atoms with van der Waals surface area (Å²) >= 11 is 13.6. The van der Waals surface area contributed by atoms with Crippen LogP contribution in [-0.2, 0) is 30.7 Å². The first-order valence-electron chi connectivity index (χ1n) is 8.30. The van der Waals surface area contributed by atoms with E-state index in [1.807, 2.05) is 0 Å². The maximum atomic E-state index is 12.9. The van der Waals surface area contributed by atoms with E-state index in [9.17, 15) is 14.4 Å². The smallest absolute Gasteiger partial charge is 0.332 e. The molecule has 0 saturated heterocycles. The first-order valence-corrected chi connectivity index (χ1v) is 9.87. The van der Waals surface area contributed by atoms with Crippen molar-refractivity contribution in [1.82, 2.24) is 9.13 Å². The van der Waals surface area contributed by atoms with Crippen molar-refractivity contribution in [3.63, 3.8) is 0 Å². The number of aliphatic carboxylic acids is 1. The molecule has 1 aliphatic carbocycles. The third kappa shape index (κ3) is 3.09. The van der Waals surface area contributed by atoms with Crippen LogP contribution in [0.5, 0.6) is 0 Å². The van der Waals surface area contributed by atoms with Gasteiger partial charge in [-0.1, -0.05) is 29.3 Å². The fourth-order valence-electron chi connectivity index (χ4n) is 3.49. The summed E-state index contributed by atoms with van der Waals surface area (Å²) in [5.41, 5.74) is 0.421. The molecule has 0 radical (unpaired) electrons. The highest BCUT2D eigenvalue weighted by molar-refractivity contribution is 7.18. The number of thiophene rings is 1. The van der Waals surface area contributed by atoms with E-state index in [2.05, 4.69) is 0 Å². The SMILES string of the molecule is O=C(O)Cn1c(=O)c2c3c(sc2n(Cc2ccc(Cl)cc2Cl)c1=O)CCC3. The Balaban J connectivity index is 2.00. The zero-order chi connectivity index (χ0) is 19.3. The summed E-state index contributed by atoms with van der Waals surface area (Å²) in [7, 11) is 0. The second-order valence-electron chi connectivity index (χ2n) is 6.43. The molecule has 1 aromatic carbocycles. The van der Waals surface area contributed by atoms with Gasteiger partial charge >= 0.3 is 11.7 Å². The van der Waals surface area contributed by atoms with Gasteiger partial charge in [0, 0.05) is 14.9 Å². The zero-order valence-electron chi connectivity index (χ0n) is 14.0. The second-order valence-corrected chi connectivity index (χ2v) is 8.35. The monoisotopic (exact) mass is 424 g/mol. The third-order valence-corrected chi connectivity index (χ3v) is 6.61. The van der Waals surface area contributed by atoms with Crippen molar-refractivity contribution in [2.24, 2.45) is 0 Å². The van der Waals surface area contributed by atoms with Gasteiger partial charge in [-0.2, -0.15) is 0 Å². The lowest BCUT2D eigenvalue weighted by Gasteiger charge is -2.12. The summed E-state index contributed by atoms with van der Waals surface area (Å²) in [6.07, 6.45) is 2.58. The Morgan fingerprint density at radius 1 is 1.19 bits per heavy atom. The van der Waals surface area contributed by atoms with Gasteiger partial charge in [0.05, 0.1) is 11.9 Å². The predicted octanol–water partition coefficient (Wildman–Crippen LogP) is 3.15. The molecule has 0 unspecified atom stereocenters. The summed E-state index contributed by atoms with van der Waals surface area (Å²) in [5.74, 6) is -1.24. The lowest BCUT2D eigenvalue weighted by Crippen LogP contribution is -2.41. The van der Waals surface area contributed by atoms with Crippen LogP contribution in [0.25, 0.3) is 10.2 Å². The van der Waals surface area contributed by atoms with Crippen molar-refractivity contribution in [2.45, 2.75) is 32.4 Å². The molecule has 27 heavy (non-hydrogen) atoms. The van der Waals surface area contributed by atoms with Crippen LogP contribution in [0.4, 0.5) is 0 Å². The van der Waals surface area contributed by atoms with E-state index < -0.39 is 23.8 Å². The topological polar surface area (TPSA) is 81.3 Å². The van der Waals surface area contributed by atoms with Gasteiger partial charge in [-0.3, -0.25) is 14.2 Å². The Morgan fingerprint density at radius 3 is 2.67 bits per heavy atom. The van der Waals surface area contributed by atoms with Crippen molar-refractivity contribution in [2.75, 3.05) is 0 Å². The number of halogens is 2. The highest BCUT2D eigenvalue weighted by Gasteiger charge is 2.25. The molecule has 4 rings (SSSR count). The van der Waals surface area contributed by atoms with Crippen molar-refractivity contribution >= 4 is 50.7 Å². The molecule has 1 aliphatic rings. The number of hydrogen-bond donors (Lipinski definition) is 1. The molecule has 140 valence electrons. The largest absolute Gasteiger partial charge is 0.480 e. The molecule has 3 aromatic rings. The third-order valence-electron chi connectivity index (χ3n) is 4.71. The van der Waals surface area contributed by atoms with Crippen LogP contribution in [0.3, 0.4) is 0 Å². The molecular weight excluding hydrogens is 411 g/mol. The van der Waals surface area contributed by atoms with Crippen LogP contribution in [0.2, 0.25) is 10.0 Å².